The molecule has 1 saturated carbocycles. The predicted octanol–water partition coefficient (Wildman–Crippen LogP) is 6.51. The predicted molar refractivity (Wildman–Crippen MR) is 164 cm³/mol. The molecule has 0 radical (unpaired) electrons. The highest BCUT2D eigenvalue weighted by Gasteiger charge is 2.27. The van der Waals surface area contributed by atoms with E-state index in [1.54, 1.807) is 30.3 Å². The molecule has 0 aliphatic heterocycles. The van der Waals surface area contributed by atoms with Crippen LogP contribution in [-0.2, 0) is 6.54 Å². The summed E-state index contributed by atoms with van der Waals surface area (Å²) in [5, 5.41) is 19.6. The van der Waals surface area contributed by atoms with Crippen LogP contribution >= 0.6 is 0 Å². The number of carbonyl (C=O) groups is 1. The summed E-state index contributed by atoms with van der Waals surface area (Å²) in [7, 11) is 0. The number of nitrogens with two attached hydrogens (primary N) is 1. The number of hydrogen-bond acceptors (Lipinski definition) is 6. The van der Waals surface area contributed by atoms with Crippen molar-refractivity contribution in [2.45, 2.75) is 44.3 Å². The van der Waals surface area contributed by atoms with Crippen LogP contribution in [0.5, 0.6) is 0 Å². The van der Waals surface area contributed by atoms with Crippen LogP contribution in [0, 0.1) is 5.82 Å². The van der Waals surface area contributed by atoms with Crippen LogP contribution in [0.15, 0.2) is 85.3 Å². The molecule has 4 N–H and O–H groups in total. The van der Waals surface area contributed by atoms with Crippen molar-refractivity contribution in [1.82, 2.24) is 24.3 Å². The van der Waals surface area contributed by atoms with Crippen LogP contribution < -0.4 is 11.1 Å². The molecule has 7 rings (SSSR count). The van der Waals surface area contributed by atoms with Crippen molar-refractivity contribution in [3.05, 3.63) is 102 Å². The maximum absolute atomic E-state index is 14.3. The zero-order chi connectivity index (χ0) is 29.5. The van der Waals surface area contributed by atoms with Gasteiger partial charge in [0.2, 0.25) is 0 Å². The number of hydrogen-bond donors (Lipinski definition) is 3. The summed E-state index contributed by atoms with van der Waals surface area (Å²) < 4.78 is 18.3. The monoisotopic (exact) mass is 575 g/mol. The Hall–Kier alpha value is -5.25. The van der Waals surface area contributed by atoms with Crippen molar-refractivity contribution in [2.75, 3.05) is 11.1 Å². The fourth-order valence-corrected chi connectivity index (χ4v) is 6.19. The van der Waals surface area contributed by atoms with E-state index in [1.807, 2.05) is 45.8 Å². The molecule has 1 aliphatic carbocycles. The van der Waals surface area contributed by atoms with E-state index in [-0.39, 0.29) is 23.5 Å². The minimum atomic E-state index is -0.936. The van der Waals surface area contributed by atoms with Crippen molar-refractivity contribution in [2.24, 2.45) is 0 Å². The van der Waals surface area contributed by atoms with Crippen molar-refractivity contribution >= 4 is 39.4 Å². The molecule has 3 heterocycles. The van der Waals surface area contributed by atoms with Gasteiger partial charge in [0, 0.05) is 40.0 Å². The Morgan fingerprint density at radius 1 is 1.00 bits per heavy atom. The molecule has 1 aliphatic rings. The number of nitrogen functional groups attached to an aromatic ring is 1. The minimum Gasteiger partial charge on any atom is -0.478 e. The molecule has 6 aromatic rings. The smallest absolute Gasteiger partial charge is 0.335 e. The lowest BCUT2D eigenvalue weighted by molar-refractivity contribution is 0.0697. The van der Waals surface area contributed by atoms with Crippen molar-refractivity contribution < 1.29 is 14.3 Å². The third-order valence-corrected chi connectivity index (χ3v) is 8.38. The van der Waals surface area contributed by atoms with Gasteiger partial charge in [-0.3, -0.25) is 0 Å². The van der Waals surface area contributed by atoms with E-state index >= 15 is 0 Å². The molecule has 0 atom stereocenters. The first-order valence-corrected chi connectivity index (χ1v) is 14.4. The number of fused-ring (bicyclic) bond motifs is 2. The summed E-state index contributed by atoms with van der Waals surface area (Å²) in [6.07, 6.45) is 7.03. The van der Waals surface area contributed by atoms with Crippen molar-refractivity contribution in [3.63, 3.8) is 0 Å². The third-order valence-electron chi connectivity index (χ3n) is 8.38. The van der Waals surface area contributed by atoms with Gasteiger partial charge in [-0.05, 0) is 68.1 Å². The Bertz CT molecular complexity index is 1970. The third kappa shape index (κ3) is 5.05. The van der Waals surface area contributed by atoms with E-state index in [1.165, 1.54) is 12.4 Å². The zero-order valence-electron chi connectivity index (χ0n) is 23.3. The quantitative estimate of drug-likeness (QED) is 0.198. The van der Waals surface area contributed by atoms with Gasteiger partial charge in [-0.2, -0.15) is 5.10 Å². The summed E-state index contributed by atoms with van der Waals surface area (Å²) in [4.78, 5) is 20.2. The fourth-order valence-electron chi connectivity index (χ4n) is 6.19. The molecule has 1 fully saturated rings. The van der Waals surface area contributed by atoms with Crippen LogP contribution in [0.25, 0.3) is 33.2 Å². The molecule has 0 saturated heterocycles. The second-order valence-electron chi connectivity index (χ2n) is 11.1. The lowest BCUT2D eigenvalue weighted by Crippen LogP contribution is -2.28. The Morgan fingerprint density at radius 2 is 1.84 bits per heavy atom. The average molecular weight is 576 g/mol. The molecule has 216 valence electrons. The molecule has 10 heteroatoms. The summed E-state index contributed by atoms with van der Waals surface area (Å²) in [6.45, 7) is 0.441. The number of anilines is 2. The molecular formula is C33H30FN7O2. The Labute approximate surface area is 246 Å². The molecule has 3 aromatic carbocycles. The first-order chi connectivity index (χ1) is 20.9. The number of carboxylic acids is 1. The van der Waals surface area contributed by atoms with E-state index < -0.39 is 5.97 Å². The number of nitrogens with zero attached hydrogens (tertiary/aromatic N) is 5. The van der Waals surface area contributed by atoms with Crippen LogP contribution in [0.3, 0.4) is 0 Å². The van der Waals surface area contributed by atoms with Crippen LogP contribution in [0.2, 0.25) is 0 Å². The van der Waals surface area contributed by atoms with Gasteiger partial charge in [0.1, 0.15) is 23.7 Å². The largest absolute Gasteiger partial charge is 0.478 e. The maximum atomic E-state index is 14.3. The second kappa shape index (κ2) is 10.9. The fraction of sp³-hybridized carbons (Fsp3) is 0.212. The molecular weight excluding hydrogens is 545 g/mol. The highest BCUT2D eigenvalue weighted by molar-refractivity contribution is 6.00. The SMILES string of the molecule is Nc1ncnc2c1c(-c1ccc3c(ccn3Cc3ccccc3F)c1)nn2C1CCC(Nc2cccc(C(=O)O)c2)CC1. The first-order valence-electron chi connectivity index (χ1n) is 14.4. The number of carboxylic acid groups (broad SMARTS) is 1. The highest BCUT2D eigenvalue weighted by atomic mass is 19.1. The van der Waals surface area contributed by atoms with E-state index in [4.69, 9.17) is 10.8 Å². The van der Waals surface area contributed by atoms with Gasteiger partial charge < -0.3 is 20.7 Å². The standard InChI is InChI=1S/C33H30FN7O2/c34-27-7-2-1-4-23(27)18-40-15-14-20-16-21(8-13-28(20)40)30-29-31(35)36-19-37-32(29)41(39-30)26-11-9-24(10-12-26)38-25-6-3-5-22(17-25)33(42)43/h1-8,13-17,19,24,26,38H,9-12,18H2,(H,42,43)(H2,35,36,37). The first kappa shape index (κ1) is 26.6. The summed E-state index contributed by atoms with van der Waals surface area (Å²) in [5.74, 6) is -0.767. The van der Waals surface area contributed by atoms with Crippen molar-refractivity contribution in [1.29, 1.82) is 0 Å². The number of aromatic nitrogens is 5. The number of rotatable bonds is 7. The normalized spacial score (nSPS) is 17.0. The van der Waals surface area contributed by atoms with Gasteiger partial charge in [0.05, 0.1) is 23.5 Å². The number of benzene rings is 3. The Morgan fingerprint density at radius 3 is 2.65 bits per heavy atom. The van der Waals surface area contributed by atoms with Gasteiger partial charge in [0.25, 0.3) is 0 Å². The van der Waals surface area contributed by atoms with Gasteiger partial charge in [-0.1, -0.05) is 30.3 Å². The molecule has 3 aromatic heterocycles. The van der Waals surface area contributed by atoms with Gasteiger partial charge in [-0.25, -0.2) is 23.8 Å². The lowest BCUT2D eigenvalue weighted by atomic mass is 9.91. The van der Waals surface area contributed by atoms with Crippen LogP contribution in [0.4, 0.5) is 15.9 Å². The molecule has 43 heavy (non-hydrogen) atoms. The van der Waals surface area contributed by atoms with Gasteiger partial charge >= 0.3 is 5.97 Å². The number of aromatic carboxylic acids is 1. The molecule has 0 unspecified atom stereocenters. The highest BCUT2D eigenvalue weighted by Crippen LogP contribution is 2.37. The average Bonchev–Trinajstić information content (AvgIpc) is 3.61. The Balaban J connectivity index is 1.15. The van der Waals surface area contributed by atoms with Crippen LogP contribution in [-0.4, -0.2) is 41.4 Å². The lowest BCUT2D eigenvalue weighted by Gasteiger charge is -2.30. The van der Waals surface area contributed by atoms with Gasteiger partial charge in [0.15, 0.2) is 5.65 Å². The summed E-state index contributed by atoms with van der Waals surface area (Å²) in [5.41, 5.74) is 11.5. The molecule has 0 amide bonds. The molecule has 9 nitrogen and oxygen atoms in total. The molecule has 0 bridgehead atoms. The van der Waals surface area contributed by atoms with E-state index in [0.29, 0.717) is 23.6 Å². The van der Waals surface area contributed by atoms with Crippen LogP contribution in [0.1, 0.15) is 47.6 Å². The summed E-state index contributed by atoms with van der Waals surface area (Å²) >= 11 is 0. The molecule has 0 spiro atoms. The van der Waals surface area contributed by atoms with E-state index in [9.17, 15) is 14.3 Å². The number of nitrogens with one attached hydrogen (secondary N) is 1. The zero-order valence-corrected chi connectivity index (χ0v) is 23.3. The second-order valence-corrected chi connectivity index (χ2v) is 11.1. The van der Waals surface area contributed by atoms with E-state index in [0.717, 1.165) is 58.9 Å². The minimum absolute atomic E-state index is 0.138. The van der Waals surface area contributed by atoms with Gasteiger partial charge in [-0.15, -0.1) is 0 Å². The number of halogens is 1. The Kier molecular flexibility index (Phi) is 6.73. The summed E-state index contributed by atoms with van der Waals surface area (Å²) in [6, 6.07) is 22.3. The topological polar surface area (TPSA) is 124 Å². The maximum Gasteiger partial charge on any atom is 0.335 e. The van der Waals surface area contributed by atoms with Crippen molar-refractivity contribution in [3.8, 4) is 11.3 Å². The van der Waals surface area contributed by atoms with E-state index in [2.05, 4.69) is 21.4 Å².